The van der Waals surface area contributed by atoms with Crippen molar-refractivity contribution in [1.29, 1.82) is 0 Å². The maximum absolute atomic E-state index is 12.7. The number of amides is 1. The van der Waals surface area contributed by atoms with E-state index in [9.17, 15) is 22.0 Å². The molecule has 1 saturated heterocycles. The molecule has 1 amide bonds. The molecule has 162 valence electrons. The predicted octanol–water partition coefficient (Wildman–Crippen LogP) is 2.54. The monoisotopic (exact) mass is 439 g/mol. The molecule has 2 aromatic rings. The molecule has 10 heteroatoms. The number of carbonyl (C=O) groups is 1. The summed E-state index contributed by atoms with van der Waals surface area (Å²) in [7, 11) is -3.58. The highest BCUT2D eigenvalue weighted by atomic mass is 32.2. The third-order valence-corrected chi connectivity index (χ3v) is 6.65. The number of piperazine rings is 1. The Morgan fingerprint density at radius 3 is 2.33 bits per heavy atom. The number of rotatable bonds is 7. The van der Waals surface area contributed by atoms with Crippen LogP contribution in [0, 0.1) is 6.92 Å². The Labute approximate surface area is 174 Å². The third-order valence-electron chi connectivity index (χ3n) is 4.73. The minimum Gasteiger partial charge on any atom is -0.433 e. The molecular formula is C20H23F2N3O4S. The van der Waals surface area contributed by atoms with Gasteiger partial charge in [0.15, 0.2) is 0 Å². The maximum Gasteiger partial charge on any atom is 0.387 e. The Hall–Kier alpha value is -2.56. The van der Waals surface area contributed by atoms with Crippen LogP contribution in [0.15, 0.2) is 53.4 Å². The van der Waals surface area contributed by atoms with Crippen LogP contribution in [0.1, 0.15) is 5.56 Å². The first-order valence-electron chi connectivity index (χ1n) is 9.38. The van der Waals surface area contributed by atoms with Gasteiger partial charge in [0.25, 0.3) is 0 Å². The van der Waals surface area contributed by atoms with Gasteiger partial charge in [-0.25, -0.2) is 8.42 Å². The summed E-state index contributed by atoms with van der Waals surface area (Å²) in [4.78, 5) is 14.4. The molecule has 1 aliphatic rings. The van der Waals surface area contributed by atoms with E-state index >= 15 is 0 Å². The van der Waals surface area contributed by atoms with Crippen LogP contribution < -0.4 is 10.1 Å². The van der Waals surface area contributed by atoms with Gasteiger partial charge in [-0.3, -0.25) is 9.69 Å². The van der Waals surface area contributed by atoms with Gasteiger partial charge in [0.1, 0.15) is 5.75 Å². The highest BCUT2D eigenvalue weighted by Crippen LogP contribution is 2.25. The Bertz CT molecular complexity index is 976. The lowest BCUT2D eigenvalue weighted by atomic mass is 10.2. The number of anilines is 1. The third kappa shape index (κ3) is 5.53. The van der Waals surface area contributed by atoms with E-state index in [2.05, 4.69) is 10.1 Å². The Balaban J connectivity index is 1.55. The first-order valence-corrected chi connectivity index (χ1v) is 10.8. The normalized spacial score (nSPS) is 15.9. The van der Waals surface area contributed by atoms with E-state index in [1.54, 1.807) is 30.3 Å². The van der Waals surface area contributed by atoms with E-state index in [0.717, 1.165) is 5.56 Å². The van der Waals surface area contributed by atoms with Gasteiger partial charge in [-0.2, -0.15) is 13.1 Å². The van der Waals surface area contributed by atoms with Gasteiger partial charge < -0.3 is 10.1 Å². The second kappa shape index (κ2) is 9.50. The largest absolute Gasteiger partial charge is 0.433 e. The topological polar surface area (TPSA) is 79.0 Å². The second-order valence-electron chi connectivity index (χ2n) is 6.92. The average molecular weight is 439 g/mol. The van der Waals surface area contributed by atoms with E-state index in [0.29, 0.717) is 13.1 Å². The van der Waals surface area contributed by atoms with Gasteiger partial charge in [0.05, 0.1) is 17.1 Å². The van der Waals surface area contributed by atoms with Gasteiger partial charge in [0, 0.05) is 26.2 Å². The molecule has 0 radical (unpaired) electrons. The molecule has 1 aliphatic heterocycles. The fourth-order valence-corrected chi connectivity index (χ4v) is 4.57. The van der Waals surface area contributed by atoms with Crippen LogP contribution in [0.25, 0.3) is 0 Å². The molecule has 0 saturated carbocycles. The molecule has 0 unspecified atom stereocenters. The van der Waals surface area contributed by atoms with Crippen LogP contribution in [-0.2, 0) is 14.8 Å². The van der Waals surface area contributed by atoms with Crippen LogP contribution in [-0.4, -0.2) is 62.9 Å². The van der Waals surface area contributed by atoms with Crippen LogP contribution in [0.3, 0.4) is 0 Å². The number of carbonyl (C=O) groups excluding carboxylic acids is 1. The zero-order valence-corrected chi connectivity index (χ0v) is 17.2. The Morgan fingerprint density at radius 1 is 1.07 bits per heavy atom. The summed E-state index contributed by atoms with van der Waals surface area (Å²) in [5.41, 5.74) is 1.13. The molecular weight excluding hydrogens is 416 g/mol. The number of sulfonamides is 1. The standard InChI is InChI=1S/C20H23F2N3O4S/c1-15-6-8-16(9-7-15)30(27,28)25-12-10-24(11-13-25)14-19(26)23-17-4-2-3-5-18(17)29-20(21)22/h2-9,20H,10-14H2,1H3,(H,23,26). The maximum atomic E-state index is 12.7. The number of hydrogen-bond acceptors (Lipinski definition) is 5. The fraction of sp³-hybridized carbons (Fsp3) is 0.350. The number of aryl methyl sites for hydroxylation is 1. The van der Waals surface area contributed by atoms with Gasteiger partial charge >= 0.3 is 6.61 Å². The smallest absolute Gasteiger partial charge is 0.387 e. The van der Waals surface area contributed by atoms with Crippen molar-refractivity contribution >= 4 is 21.6 Å². The van der Waals surface area contributed by atoms with E-state index in [1.807, 2.05) is 11.8 Å². The lowest BCUT2D eigenvalue weighted by Gasteiger charge is -2.33. The average Bonchev–Trinajstić information content (AvgIpc) is 2.70. The molecule has 1 N–H and O–H groups in total. The summed E-state index contributed by atoms with van der Waals surface area (Å²) in [5.74, 6) is -0.509. The van der Waals surface area contributed by atoms with Gasteiger partial charge in [0.2, 0.25) is 15.9 Å². The Kier molecular flexibility index (Phi) is 7.01. The first-order chi connectivity index (χ1) is 14.3. The molecule has 30 heavy (non-hydrogen) atoms. The number of alkyl halides is 2. The van der Waals surface area contributed by atoms with Gasteiger partial charge in [-0.1, -0.05) is 29.8 Å². The van der Waals surface area contributed by atoms with Gasteiger partial charge in [-0.05, 0) is 31.2 Å². The van der Waals surface area contributed by atoms with Crippen molar-refractivity contribution in [2.24, 2.45) is 0 Å². The van der Waals surface area contributed by atoms with Crippen molar-refractivity contribution in [2.45, 2.75) is 18.4 Å². The molecule has 2 aromatic carbocycles. The first kappa shape index (κ1) is 22.1. The molecule has 3 rings (SSSR count). The predicted molar refractivity (Wildman–Crippen MR) is 108 cm³/mol. The van der Waals surface area contributed by atoms with Crippen LogP contribution >= 0.6 is 0 Å². The quantitative estimate of drug-likeness (QED) is 0.717. The number of nitrogens with one attached hydrogen (secondary N) is 1. The van der Waals surface area contributed by atoms with Crippen molar-refractivity contribution in [3.8, 4) is 5.75 Å². The van der Waals surface area contributed by atoms with Crippen molar-refractivity contribution in [2.75, 3.05) is 38.0 Å². The number of hydrogen-bond donors (Lipinski definition) is 1. The number of para-hydroxylation sites is 2. The molecule has 0 aliphatic carbocycles. The lowest BCUT2D eigenvalue weighted by Crippen LogP contribution is -2.50. The summed E-state index contributed by atoms with van der Waals surface area (Å²) < 4.78 is 56.3. The van der Waals surface area contributed by atoms with E-state index in [1.165, 1.54) is 22.5 Å². The van der Waals surface area contributed by atoms with Crippen molar-refractivity contribution in [1.82, 2.24) is 9.21 Å². The molecule has 1 heterocycles. The summed E-state index contributed by atoms with van der Waals surface area (Å²) in [6.45, 7) is 0.191. The number of benzene rings is 2. The Morgan fingerprint density at radius 2 is 1.70 bits per heavy atom. The minimum absolute atomic E-state index is 0.0153. The van der Waals surface area contributed by atoms with Crippen molar-refractivity contribution in [3.05, 3.63) is 54.1 Å². The summed E-state index contributed by atoms with van der Waals surface area (Å²) in [6.07, 6.45) is 0. The van der Waals surface area contributed by atoms with Crippen molar-refractivity contribution in [3.63, 3.8) is 0 Å². The molecule has 0 atom stereocenters. The fourth-order valence-electron chi connectivity index (χ4n) is 3.15. The van der Waals surface area contributed by atoms with Crippen LogP contribution in [0.4, 0.5) is 14.5 Å². The number of halogens is 2. The number of nitrogens with zero attached hydrogens (tertiary/aromatic N) is 2. The van der Waals surface area contributed by atoms with E-state index < -0.39 is 22.5 Å². The van der Waals surface area contributed by atoms with Gasteiger partial charge in [-0.15, -0.1) is 0 Å². The molecule has 0 bridgehead atoms. The summed E-state index contributed by atoms with van der Waals surface area (Å²) in [6, 6.07) is 12.6. The van der Waals surface area contributed by atoms with Crippen LogP contribution in [0.2, 0.25) is 0 Å². The minimum atomic E-state index is -3.58. The second-order valence-corrected chi connectivity index (χ2v) is 8.85. The van der Waals surface area contributed by atoms with E-state index in [-0.39, 0.29) is 36.0 Å². The lowest BCUT2D eigenvalue weighted by molar-refractivity contribution is -0.117. The summed E-state index contributed by atoms with van der Waals surface area (Å²) in [5, 5.41) is 2.56. The van der Waals surface area contributed by atoms with E-state index in [4.69, 9.17) is 0 Å². The molecule has 1 fully saturated rings. The molecule has 0 aromatic heterocycles. The zero-order valence-electron chi connectivity index (χ0n) is 16.4. The highest BCUT2D eigenvalue weighted by Gasteiger charge is 2.29. The number of ether oxygens (including phenoxy) is 1. The highest BCUT2D eigenvalue weighted by molar-refractivity contribution is 7.89. The van der Waals surface area contributed by atoms with Crippen molar-refractivity contribution < 1.29 is 26.7 Å². The molecule has 0 spiro atoms. The molecule has 7 nitrogen and oxygen atoms in total. The SMILES string of the molecule is Cc1ccc(S(=O)(=O)N2CCN(CC(=O)Nc3ccccc3OC(F)F)CC2)cc1. The van der Waals surface area contributed by atoms with Crippen LogP contribution in [0.5, 0.6) is 5.75 Å². The zero-order chi connectivity index (χ0) is 21.7. The summed E-state index contributed by atoms with van der Waals surface area (Å²) >= 11 is 0.